The Balaban J connectivity index is 1.71. The standard InChI is InChI=1S/C21H25FN6O/c1-13-15(10-14(22)11-23-13)17-6-5-8-27(17)18-7-9-28-19(25-18)16(12-24-28)20(29)26-21(2,3)4/h7,9-12,17H,5-6,8H2,1-4H3,(H,26,29). The summed E-state index contributed by atoms with van der Waals surface area (Å²) in [4.78, 5) is 23.7. The summed E-state index contributed by atoms with van der Waals surface area (Å²) >= 11 is 0. The average molecular weight is 396 g/mol. The number of nitrogens with zero attached hydrogens (tertiary/aromatic N) is 5. The smallest absolute Gasteiger partial charge is 0.257 e. The number of fused-ring (bicyclic) bond motifs is 1. The lowest BCUT2D eigenvalue weighted by Crippen LogP contribution is -2.40. The molecular weight excluding hydrogens is 371 g/mol. The lowest BCUT2D eigenvalue weighted by atomic mass is 10.0. The zero-order chi connectivity index (χ0) is 20.8. The molecule has 4 heterocycles. The quantitative estimate of drug-likeness (QED) is 0.734. The molecule has 1 fully saturated rings. The number of hydrogen-bond acceptors (Lipinski definition) is 5. The fourth-order valence-corrected chi connectivity index (χ4v) is 3.81. The van der Waals surface area contributed by atoms with Gasteiger partial charge in [0.15, 0.2) is 5.65 Å². The Labute approximate surface area is 169 Å². The Morgan fingerprint density at radius 2 is 2.10 bits per heavy atom. The maximum atomic E-state index is 13.8. The lowest BCUT2D eigenvalue weighted by Gasteiger charge is -2.27. The number of nitrogens with one attached hydrogen (secondary N) is 1. The highest BCUT2D eigenvalue weighted by atomic mass is 19.1. The first-order valence-corrected chi connectivity index (χ1v) is 9.78. The Morgan fingerprint density at radius 3 is 2.86 bits per heavy atom. The van der Waals surface area contributed by atoms with E-state index in [0.717, 1.165) is 36.5 Å². The van der Waals surface area contributed by atoms with Gasteiger partial charge in [-0.25, -0.2) is 13.9 Å². The van der Waals surface area contributed by atoms with E-state index in [9.17, 15) is 9.18 Å². The van der Waals surface area contributed by atoms with E-state index in [1.54, 1.807) is 16.8 Å². The Bertz CT molecular complexity index is 1070. The minimum atomic E-state index is -0.356. The van der Waals surface area contributed by atoms with Crippen molar-refractivity contribution < 1.29 is 9.18 Å². The summed E-state index contributed by atoms with van der Waals surface area (Å²) in [5.74, 6) is 0.201. The molecule has 3 aromatic heterocycles. The second kappa shape index (κ2) is 7.09. The van der Waals surface area contributed by atoms with Gasteiger partial charge < -0.3 is 10.2 Å². The summed E-state index contributed by atoms with van der Waals surface area (Å²) in [6.07, 6.45) is 6.46. The zero-order valence-corrected chi connectivity index (χ0v) is 17.1. The number of pyridine rings is 1. The fourth-order valence-electron chi connectivity index (χ4n) is 3.81. The highest BCUT2D eigenvalue weighted by molar-refractivity contribution is 6.00. The minimum absolute atomic E-state index is 0.00271. The van der Waals surface area contributed by atoms with Gasteiger partial charge in [-0.2, -0.15) is 5.10 Å². The van der Waals surface area contributed by atoms with E-state index < -0.39 is 0 Å². The minimum Gasteiger partial charge on any atom is -0.349 e. The number of halogens is 1. The van der Waals surface area contributed by atoms with E-state index in [1.807, 2.05) is 33.8 Å². The first kappa shape index (κ1) is 19.3. The van der Waals surface area contributed by atoms with E-state index >= 15 is 0 Å². The van der Waals surface area contributed by atoms with E-state index in [2.05, 4.69) is 20.3 Å². The Hall–Kier alpha value is -3.03. The summed E-state index contributed by atoms with van der Waals surface area (Å²) in [5, 5.41) is 7.21. The monoisotopic (exact) mass is 396 g/mol. The van der Waals surface area contributed by atoms with Gasteiger partial charge in [-0.1, -0.05) is 0 Å². The van der Waals surface area contributed by atoms with Gasteiger partial charge in [0.05, 0.1) is 18.4 Å². The molecule has 1 saturated heterocycles. The van der Waals surface area contributed by atoms with Crippen molar-refractivity contribution in [3.8, 4) is 0 Å². The van der Waals surface area contributed by atoms with Crippen molar-refractivity contribution >= 4 is 17.4 Å². The van der Waals surface area contributed by atoms with Crippen LogP contribution in [-0.2, 0) is 0 Å². The van der Waals surface area contributed by atoms with Gasteiger partial charge in [-0.3, -0.25) is 9.78 Å². The van der Waals surface area contributed by atoms with Crippen LogP contribution in [0.5, 0.6) is 0 Å². The molecule has 0 spiro atoms. The fraction of sp³-hybridized carbons (Fsp3) is 0.429. The topological polar surface area (TPSA) is 75.4 Å². The van der Waals surface area contributed by atoms with Crippen LogP contribution >= 0.6 is 0 Å². The van der Waals surface area contributed by atoms with Crippen molar-refractivity contribution in [2.75, 3.05) is 11.4 Å². The van der Waals surface area contributed by atoms with Crippen LogP contribution < -0.4 is 10.2 Å². The molecule has 1 aliphatic heterocycles. The van der Waals surface area contributed by atoms with E-state index in [0.29, 0.717) is 11.2 Å². The number of rotatable bonds is 3. The number of carbonyl (C=O) groups is 1. The van der Waals surface area contributed by atoms with Crippen LogP contribution in [0.3, 0.4) is 0 Å². The second-order valence-electron chi connectivity index (χ2n) is 8.50. The third kappa shape index (κ3) is 3.79. The van der Waals surface area contributed by atoms with Crippen LogP contribution in [0.4, 0.5) is 10.2 Å². The summed E-state index contributed by atoms with van der Waals surface area (Å²) in [6, 6.07) is 3.44. The molecule has 1 atom stereocenters. The number of carbonyl (C=O) groups excluding carboxylic acids is 1. The van der Waals surface area contributed by atoms with E-state index in [4.69, 9.17) is 4.98 Å². The first-order chi connectivity index (χ1) is 13.7. The molecule has 1 aliphatic rings. The molecule has 29 heavy (non-hydrogen) atoms. The SMILES string of the molecule is Cc1ncc(F)cc1C1CCCN1c1ccn2ncc(C(=O)NC(C)(C)C)c2n1. The highest BCUT2D eigenvalue weighted by Crippen LogP contribution is 2.36. The summed E-state index contributed by atoms with van der Waals surface area (Å²) < 4.78 is 15.4. The van der Waals surface area contributed by atoms with Crippen LogP contribution in [0.25, 0.3) is 5.65 Å². The lowest BCUT2D eigenvalue weighted by molar-refractivity contribution is 0.0921. The largest absolute Gasteiger partial charge is 0.349 e. The Kier molecular flexibility index (Phi) is 4.72. The van der Waals surface area contributed by atoms with Crippen LogP contribution in [0.15, 0.2) is 30.7 Å². The van der Waals surface area contributed by atoms with Crippen molar-refractivity contribution in [3.05, 3.63) is 53.4 Å². The predicted molar refractivity (Wildman–Crippen MR) is 108 cm³/mol. The molecule has 3 aromatic rings. The number of anilines is 1. The summed E-state index contributed by atoms with van der Waals surface area (Å²) in [6.45, 7) is 8.49. The van der Waals surface area contributed by atoms with Crippen LogP contribution in [0, 0.1) is 12.7 Å². The van der Waals surface area contributed by atoms with Gasteiger partial charge >= 0.3 is 0 Å². The molecule has 0 bridgehead atoms. The van der Waals surface area contributed by atoms with Crippen molar-refractivity contribution in [3.63, 3.8) is 0 Å². The van der Waals surface area contributed by atoms with Crippen molar-refractivity contribution in [2.45, 2.75) is 52.1 Å². The molecule has 1 amide bonds. The zero-order valence-electron chi connectivity index (χ0n) is 17.1. The molecule has 1 N–H and O–H groups in total. The normalized spacial score (nSPS) is 17.1. The molecule has 152 valence electrons. The van der Waals surface area contributed by atoms with Gasteiger partial charge in [-0.15, -0.1) is 0 Å². The maximum Gasteiger partial charge on any atom is 0.257 e. The van der Waals surface area contributed by atoms with Gasteiger partial charge in [-0.05, 0) is 58.2 Å². The molecule has 0 radical (unpaired) electrons. The molecular formula is C21H25FN6O. The second-order valence-corrected chi connectivity index (χ2v) is 8.50. The van der Waals surface area contributed by atoms with Gasteiger partial charge in [0, 0.05) is 24.0 Å². The van der Waals surface area contributed by atoms with E-state index in [1.165, 1.54) is 12.4 Å². The molecule has 0 aromatic carbocycles. The van der Waals surface area contributed by atoms with Crippen LogP contribution in [-0.4, -0.2) is 37.6 Å². The van der Waals surface area contributed by atoms with Crippen LogP contribution in [0.2, 0.25) is 0 Å². The third-order valence-electron chi connectivity index (χ3n) is 5.09. The van der Waals surface area contributed by atoms with Crippen molar-refractivity contribution in [1.29, 1.82) is 0 Å². The number of aromatic nitrogens is 4. The number of hydrogen-bond donors (Lipinski definition) is 1. The summed E-state index contributed by atoms with van der Waals surface area (Å²) in [7, 11) is 0. The predicted octanol–water partition coefficient (Wildman–Crippen LogP) is 3.44. The average Bonchev–Trinajstić information content (AvgIpc) is 3.28. The Morgan fingerprint density at radius 1 is 1.31 bits per heavy atom. The molecule has 7 nitrogen and oxygen atoms in total. The maximum absolute atomic E-state index is 13.8. The van der Waals surface area contributed by atoms with Gasteiger partial charge in [0.1, 0.15) is 17.2 Å². The summed E-state index contributed by atoms with van der Waals surface area (Å²) in [5.41, 5.74) is 2.28. The van der Waals surface area contributed by atoms with Gasteiger partial charge in [0.25, 0.3) is 5.91 Å². The number of aryl methyl sites for hydroxylation is 1. The van der Waals surface area contributed by atoms with E-state index in [-0.39, 0.29) is 23.3 Å². The van der Waals surface area contributed by atoms with Crippen molar-refractivity contribution in [1.82, 2.24) is 24.9 Å². The molecule has 4 rings (SSSR count). The molecule has 1 unspecified atom stereocenters. The number of amides is 1. The molecule has 8 heteroatoms. The first-order valence-electron chi connectivity index (χ1n) is 9.78. The van der Waals surface area contributed by atoms with Gasteiger partial charge in [0.2, 0.25) is 0 Å². The molecule has 0 saturated carbocycles. The van der Waals surface area contributed by atoms with Crippen molar-refractivity contribution in [2.24, 2.45) is 0 Å². The third-order valence-corrected chi connectivity index (χ3v) is 5.09. The molecule has 0 aliphatic carbocycles. The highest BCUT2D eigenvalue weighted by Gasteiger charge is 2.30. The van der Waals surface area contributed by atoms with Crippen LogP contribution in [0.1, 0.15) is 61.3 Å².